The summed E-state index contributed by atoms with van der Waals surface area (Å²) >= 11 is 12.1. The number of likely N-dealkylation sites (N-methyl/N-ethyl adjacent to an activating group) is 1. The summed E-state index contributed by atoms with van der Waals surface area (Å²) in [6, 6.07) is 7.21. The molecular formula is C15H17Cl2N5. The number of halogens is 2. The molecule has 0 atom stereocenters. The molecule has 1 aromatic carbocycles. The zero-order valence-corrected chi connectivity index (χ0v) is 13.8. The number of anilines is 3. The van der Waals surface area contributed by atoms with Gasteiger partial charge < -0.3 is 15.1 Å². The molecule has 7 heteroatoms. The molecule has 0 bridgehead atoms. The third kappa shape index (κ3) is 3.61. The van der Waals surface area contributed by atoms with Gasteiger partial charge in [0.2, 0.25) is 5.95 Å². The molecule has 1 aliphatic rings. The van der Waals surface area contributed by atoms with Crippen molar-refractivity contribution in [3.05, 3.63) is 40.5 Å². The van der Waals surface area contributed by atoms with Crippen molar-refractivity contribution in [3.8, 4) is 0 Å². The minimum Gasteiger partial charge on any atom is -0.354 e. The first-order valence-corrected chi connectivity index (χ1v) is 7.86. The van der Waals surface area contributed by atoms with Crippen molar-refractivity contribution < 1.29 is 0 Å². The van der Waals surface area contributed by atoms with Crippen molar-refractivity contribution in [2.75, 3.05) is 43.4 Å². The van der Waals surface area contributed by atoms with E-state index in [0.717, 1.165) is 37.7 Å². The SMILES string of the molecule is CN1CCN(c2ccnc(Nc3ccc(Cl)cc3Cl)n2)CC1. The van der Waals surface area contributed by atoms with Crippen molar-refractivity contribution in [1.82, 2.24) is 14.9 Å². The standard InChI is InChI=1S/C15H17Cl2N5/c1-21-6-8-22(9-7-21)14-4-5-18-15(20-14)19-13-3-2-11(16)10-12(13)17/h2-5,10H,6-9H2,1H3,(H,18,19,20). The van der Waals surface area contributed by atoms with Crippen molar-refractivity contribution in [2.24, 2.45) is 0 Å². The second-order valence-corrected chi connectivity index (χ2v) is 6.12. The Kier molecular flexibility index (Phi) is 4.66. The van der Waals surface area contributed by atoms with E-state index in [1.807, 2.05) is 12.1 Å². The molecule has 0 saturated carbocycles. The Balaban J connectivity index is 1.76. The van der Waals surface area contributed by atoms with E-state index in [1.165, 1.54) is 0 Å². The fourth-order valence-electron chi connectivity index (χ4n) is 2.33. The van der Waals surface area contributed by atoms with E-state index in [4.69, 9.17) is 23.2 Å². The Bertz CT molecular complexity index is 656. The monoisotopic (exact) mass is 337 g/mol. The lowest BCUT2D eigenvalue weighted by Gasteiger charge is -2.33. The minimum absolute atomic E-state index is 0.528. The molecule has 1 saturated heterocycles. The Morgan fingerprint density at radius 2 is 1.86 bits per heavy atom. The molecule has 1 fully saturated rings. The average molecular weight is 338 g/mol. The smallest absolute Gasteiger partial charge is 0.229 e. The number of hydrogen-bond donors (Lipinski definition) is 1. The van der Waals surface area contributed by atoms with Crippen molar-refractivity contribution >= 4 is 40.7 Å². The van der Waals surface area contributed by atoms with Gasteiger partial charge in [0.05, 0.1) is 10.7 Å². The molecule has 0 spiro atoms. The summed E-state index contributed by atoms with van der Waals surface area (Å²) in [4.78, 5) is 13.4. The van der Waals surface area contributed by atoms with Gasteiger partial charge in [-0.05, 0) is 31.3 Å². The molecule has 1 N–H and O–H groups in total. The van der Waals surface area contributed by atoms with Crippen molar-refractivity contribution in [1.29, 1.82) is 0 Å². The predicted molar refractivity (Wildman–Crippen MR) is 91.5 cm³/mol. The van der Waals surface area contributed by atoms with Crippen LogP contribution in [0, 0.1) is 0 Å². The zero-order chi connectivity index (χ0) is 15.5. The van der Waals surface area contributed by atoms with Crippen LogP contribution < -0.4 is 10.2 Å². The Morgan fingerprint density at radius 3 is 2.59 bits per heavy atom. The van der Waals surface area contributed by atoms with Gasteiger partial charge in [0, 0.05) is 37.4 Å². The van der Waals surface area contributed by atoms with E-state index in [-0.39, 0.29) is 0 Å². The number of aromatic nitrogens is 2. The lowest BCUT2D eigenvalue weighted by Crippen LogP contribution is -2.44. The summed E-state index contributed by atoms with van der Waals surface area (Å²) in [5.41, 5.74) is 0.738. The summed E-state index contributed by atoms with van der Waals surface area (Å²) in [6.07, 6.45) is 1.76. The van der Waals surface area contributed by atoms with Crippen LogP contribution >= 0.6 is 23.2 Å². The average Bonchev–Trinajstić information content (AvgIpc) is 2.51. The van der Waals surface area contributed by atoms with Gasteiger partial charge in [-0.2, -0.15) is 4.98 Å². The van der Waals surface area contributed by atoms with Gasteiger partial charge in [-0.1, -0.05) is 23.2 Å². The van der Waals surface area contributed by atoms with Gasteiger partial charge in [-0.3, -0.25) is 0 Å². The van der Waals surface area contributed by atoms with Gasteiger partial charge in [0.25, 0.3) is 0 Å². The number of hydrogen-bond acceptors (Lipinski definition) is 5. The molecule has 0 radical (unpaired) electrons. The highest BCUT2D eigenvalue weighted by molar-refractivity contribution is 6.36. The maximum absolute atomic E-state index is 6.17. The van der Waals surface area contributed by atoms with Crippen LogP contribution in [-0.2, 0) is 0 Å². The number of nitrogens with zero attached hydrogens (tertiary/aromatic N) is 4. The normalized spacial score (nSPS) is 15.9. The van der Waals surface area contributed by atoms with Crippen molar-refractivity contribution in [2.45, 2.75) is 0 Å². The van der Waals surface area contributed by atoms with E-state index in [1.54, 1.807) is 18.3 Å². The Morgan fingerprint density at radius 1 is 1.09 bits per heavy atom. The summed E-state index contributed by atoms with van der Waals surface area (Å²) in [7, 11) is 2.13. The van der Waals surface area contributed by atoms with E-state index in [0.29, 0.717) is 16.0 Å². The van der Waals surface area contributed by atoms with Crippen LogP contribution in [0.15, 0.2) is 30.5 Å². The first-order chi connectivity index (χ1) is 10.6. The topological polar surface area (TPSA) is 44.3 Å². The Labute approximate surface area is 139 Å². The lowest BCUT2D eigenvalue weighted by atomic mass is 10.3. The van der Waals surface area contributed by atoms with Crippen LogP contribution in [0.4, 0.5) is 17.5 Å². The first kappa shape index (κ1) is 15.3. The van der Waals surface area contributed by atoms with E-state index in [9.17, 15) is 0 Å². The van der Waals surface area contributed by atoms with Crippen molar-refractivity contribution in [3.63, 3.8) is 0 Å². The maximum atomic E-state index is 6.17. The number of benzene rings is 1. The maximum Gasteiger partial charge on any atom is 0.229 e. The van der Waals surface area contributed by atoms with Gasteiger partial charge in [-0.15, -0.1) is 0 Å². The van der Waals surface area contributed by atoms with E-state index < -0.39 is 0 Å². The molecule has 0 amide bonds. The third-order valence-electron chi connectivity index (χ3n) is 3.65. The summed E-state index contributed by atoms with van der Waals surface area (Å²) in [6.45, 7) is 4.01. The van der Waals surface area contributed by atoms with Gasteiger partial charge in [0.1, 0.15) is 5.82 Å². The fraction of sp³-hybridized carbons (Fsp3) is 0.333. The van der Waals surface area contributed by atoms with Gasteiger partial charge >= 0.3 is 0 Å². The van der Waals surface area contributed by atoms with Crippen LogP contribution in [0.5, 0.6) is 0 Å². The third-order valence-corrected chi connectivity index (χ3v) is 4.19. The van der Waals surface area contributed by atoms with Crippen LogP contribution in [0.2, 0.25) is 10.0 Å². The summed E-state index contributed by atoms with van der Waals surface area (Å²) < 4.78 is 0. The zero-order valence-electron chi connectivity index (χ0n) is 12.3. The number of nitrogens with one attached hydrogen (secondary N) is 1. The Hall–Kier alpha value is -1.56. The molecule has 2 heterocycles. The number of rotatable bonds is 3. The quantitative estimate of drug-likeness (QED) is 0.931. The van der Waals surface area contributed by atoms with Crippen LogP contribution in [0.1, 0.15) is 0 Å². The van der Waals surface area contributed by atoms with Crippen LogP contribution in [0.3, 0.4) is 0 Å². The van der Waals surface area contributed by atoms with E-state index >= 15 is 0 Å². The highest BCUT2D eigenvalue weighted by Crippen LogP contribution is 2.27. The minimum atomic E-state index is 0.528. The summed E-state index contributed by atoms with van der Waals surface area (Å²) in [5, 5.41) is 4.28. The van der Waals surface area contributed by atoms with Crippen LogP contribution in [-0.4, -0.2) is 48.1 Å². The second kappa shape index (κ2) is 6.69. The fourth-order valence-corrected chi connectivity index (χ4v) is 2.79. The van der Waals surface area contributed by atoms with E-state index in [2.05, 4.69) is 32.1 Å². The molecule has 1 aromatic heterocycles. The molecule has 0 aliphatic carbocycles. The lowest BCUT2D eigenvalue weighted by molar-refractivity contribution is 0.312. The first-order valence-electron chi connectivity index (χ1n) is 7.10. The highest BCUT2D eigenvalue weighted by atomic mass is 35.5. The largest absolute Gasteiger partial charge is 0.354 e. The van der Waals surface area contributed by atoms with Gasteiger partial charge in [0.15, 0.2) is 0 Å². The van der Waals surface area contributed by atoms with Gasteiger partial charge in [-0.25, -0.2) is 4.98 Å². The highest BCUT2D eigenvalue weighted by Gasteiger charge is 2.15. The molecule has 5 nitrogen and oxygen atoms in total. The molecule has 116 valence electrons. The second-order valence-electron chi connectivity index (χ2n) is 5.28. The molecule has 0 unspecified atom stereocenters. The molecule has 1 aliphatic heterocycles. The predicted octanol–water partition coefficient (Wildman–Crippen LogP) is 3.28. The van der Waals surface area contributed by atoms with Crippen LogP contribution in [0.25, 0.3) is 0 Å². The molecule has 22 heavy (non-hydrogen) atoms. The summed E-state index contributed by atoms with van der Waals surface area (Å²) in [5.74, 6) is 1.45. The molecule has 3 rings (SSSR count). The number of piperazine rings is 1. The molecular weight excluding hydrogens is 321 g/mol. The molecule has 2 aromatic rings.